The summed E-state index contributed by atoms with van der Waals surface area (Å²) in [5.41, 5.74) is 5.76. The van der Waals surface area contributed by atoms with E-state index in [-0.39, 0.29) is 0 Å². The minimum Gasteiger partial charge on any atom is -0.497 e. The Hall–Kier alpha value is -3.05. The Morgan fingerprint density at radius 2 is 1.90 bits per heavy atom. The van der Waals surface area contributed by atoms with Crippen LogP contribution in [0, 0.1) is 0 Å². The first-order valence-corrected chi connectivity index (χ1v) is 10.9. The Balaban J connectivity index is 1.68. The fourth-order valence-corrected chi connectivity index (χ4v) is 4.17. The number of allylic oxidation sites excluding steroid dienone is 1. The van der Waals surface area contributed by atoms with E-state index in [4.69, 9.17) is 14.7 Å². The molecule has 1 aromatic carbocycles. The van der Waals surface area contributed by atoms with Crippen molar-refractivity contribution in [3.8, 4) is 28.3 Å². The normalized spacial score (nSPS) is 15.8. The van der Waals surface area contributed by atoms with Gasteiger partial charge in [0.1, 0.15) is 5.75 Å². The van der Waals surface area contributed by atoms with Gasteiger partial charge in [0.25, 0.3) is 0 Å². The number of hydrogen-bond acceptors (Lipinski definition) is 5. The number of nitrogens with zero attached hydrogens (tertiary/aromatic N) is 4. The zero-order valence-electron chi connectivity index (χ0n) is 18.6. The van der Waals surface area contributed by atoms with Crippen molar-refractivity contribution < 1.29 is 4.74 Å². The van der Waals surface area contributed by atoms with E-state index >= 15 is 0 Å². The molecule has 3 aromatic rings. The number of hydrogen-bond donors (Lipinski definition) is 0. The van der Waals surface area contributed by atoms with Crippen LogP contribution in [0.5, 0.6) is 5.75 Å². The van der Waals surface area contributed by atoms with Gasteiger partial charge in [0.05, 0.1) is 12.8 Å². The van der Waals surface area contributed by atoms with E-state index in [0.29, 0.717) is 5.92 Å². The molecule has 0 unspecified atom stereocenters. The summed E-state index contributed by atoms with van der Waals surface area (Å²) in [5.74, 6) is 2.02. The number of aromatic nitrogens is 3. The number of ether oxygens (including phenoxy) is 1. The third-order valence-electron chi connectivity index (χ3n) is 6.08. The van der Waals surface area contributed by atoms with Crippen molar-refractivity contribution in [2.75, 3.05) is 26.7 Å². The van der Waals surface area contributed by atoms with Crippen LogP contribution in [0.25, 0.3) is 22.5 Å². The molecule has 0 bridgehead atoms. The van der Waals surface area contributed by atoms with E-state index in [1.54, 1.807) is 19.5 Å². The molecule has 0 amide bonds. The summed E-state index contributed by atoms with van der Waals surface area (Å²) in [6.07, 6.45) is 9.95. The smallest absolute Gasteiger partial charge is 0.159 e. The molecule has 2 aromatic heterocycles. The van der Waals surface area contributed by atoms with Gasteiger partial charge in [0.15, 0.2) is 5.82 Å². The molecule has 1 fully saturated rings. The lowest BCUT2D eigenvalue weighted by Gasteiger charge is -2.32. The Morgan fingerprint density at radius 3 is 2.61 bits per heavy atom. The average Bonchev–Trinajstić information content (AvgIpc) is 2.84. The average molecular weight is 415 g/mol. The van der Waals surface area contributed by atoms with Crippen LogP contribution in [0.15, 0.2) is 66.6 Å². The van der Waals surface area contributed by atoms with Gasteiger partial charge in [-0.2, -0.15) is 0 Å². The number of methoxy groups -OCH3 is 1. The molecule has 0 N–H and O–H groups in total. The van der Waals surface area contributed by atoms with E-state index in [0.717, 1.165) is 66.4 Å². The SMILES string of the molecule is C/C=C(\C)CN1CCC(c2nc(-c3ccncc3)ncc2-c2cccc(OC)c2)CC1. The van der Waals surface area contributed by atoms with E-state index in [2.05, 4.69) is 41.9 Å². The van der Waals surface area contributed by atoms with Crippen molar-refractivity contribution in [3.05, 3.63) is 72.3 Å². The quantitative estimate of drug-likeness (QED) is 0.508. The predicted molar refractivity (Wildman–Crippen MR) is 125 cm³/mol. The van der Waals surface area contributed by atoms with Gasteiger partial charge in [0, 0.05) is 42.2 Å². The molecule has 31 heavy (non-hydrogen) atoms. The van der Waals surface area contributed by atoms with Crippen molar-refractivity contribution in [1.29, 1.82) is 0 Å². The van der Waals surface area contributed by atoms with Crippen LogP contribution in [-0.4, -0.2) is 46.6 Å². The largest absolute Gasteiger partial charge is 0.497 e. The molecule has 160 valence electrons. The second-order valence-electron chi connectivity index (χ2n) is 8.15. The first-order valence-electron chi connectivity index (χ1n) is 10.9. The number of benzene rings is 1. The number of piperidine rings is 1. The van der Waals surface area contributed by atoms with Gasteiger partial charge in [-0.3, -0.25) is 9.88 Å². The van der Waals surface area contributed by atoms with E-state index in [1.165, 1.54) is 5.57 Å². The lowest BCUT2D eigenvalue weighted by atomic mass is 9.88. The minimum absolute atomic E-state index is 0.409. The maximum atomic E-state index is 5.46. The van der Waals surface area contributed by atoms with Crippen molar-refractivity contribution in [2.45, 2.75) is 32.6 Å². The molecule has 0 atom stereocenters. The van der Waals surface area contributed by atoms with Gasteiger partial charge in [-0.15, -0.1) is 0 Å². The molecule has 1 saturated heterocycles. The highest BCUT2D eigenvalue weighted by molar-refractivity contribution is 5.69. The van der Waals surface area contributed by atoms with Crippen LogP contribution in [0.4, 0.5) is 0 Å². The summed E-state index contributed by atoms with van der Waals surface area (Å²) in [5, 5.41) is 0. The van der Waals surface area contributed by atoms with Gasteiger partial charge in [0.2, 0.25) is 0 Å². The van der Waals surface area contributed by atoms with E-state index in [9.17, 15) is 0 Å². The first kappa shape index (κ1) is 21.2. The van der Waals surface area contributed by atoms with Crippen molar-refractivity contribution in [1.82, 2.24) is 19.9 Å². The van der Waals surface area contributed by atoms with E-state index in [1.807, 2.05) is 30.5 Å². The summed E-state index contributed by atoms with van der Waals surface area (Å²) in [6.45, 7) is 7.55. The van der Waals surface area contributed by atoms with Crippen molar-refractivity contribution >= 4 is 0 Å². The molecule has 0 radical (unpaired) electrons. The lowest BCUT2D eigenvalue weighted by molar-refractivity contribution is 0.226. The highest BCUT2D eigenvalue weighted by atomic mass is 16.5. The molecule has 5 nitrogen and oxygen atoms in total. The molecule has 5 heteroatoms. The maximum absolute atomic E-state index is 5.46. The second-order valence-corrected chi connectivity index (χ2v) is 8.15. The van der Waals surface area contributed by atoms with Crippen LogP contribution in [-0.2, 0) is 0 Å². The van der Waals surface area contributed by atoms with Crippen LogP contribution in [0.3, 0.4) is 0 Å². The zero-order chi connectivity index (χ0) is 21.6. The summed E-state index contributed by atoms with van der Waals surface area (Å²) in [6, 6.07) is 12.1. The number of rotatable bonds is 6. The molecule has 4 rings (SSSR count). The van der Waals surface area contributed by atoms with Gasteiger partial charge in [-0.1, -0.05) is 23.8 Å². The second kappa shape index (κ2) is 9.84. The highest BCUT2D eigenvalue weighted by Crippen LogP contribution is 2.36. The van der Waals surface area contributed by atoms with E-state index < -0.39 is 0 Å². The van der Waals surface area contributed by atoms with Gasteiger partial charge < -0.3 is 4.74 Å². The minimum atomic E-state index is 0.409. The van der Waals surface area contributed by atoms with Crippen LogP contribution in [0.2, 0.25) is 0 Å². The summed E-state index contributed by atoms with van der Waals surface area (Å²) in [7, 11) is 1.70. The molecule has 1 aliphatic heterocycles. The summed E-state index contributed by atoms with van der Waals surface area (Å²) >= 11 is 0. The third kappa shape index (κ3) is 5.00. The Kier molecular flexibility index (Phi) is 6.73. The maximum Gasteiger partial charge on any atom is 0.159 e. The molecule has 0 spiro atoms. The number of pyridine rings is 1. The highest BCUT2D eigenvalue weighted by Gasteiger charge is 2.25. The molecular weight excluding hydrogens is 384 g/mol. The first-order chi connectivity index (χ1) is 15.2. The monoisotopic (exact) mass is 414 g/mol. The molecule has 3 heterocycles. The summed E-state index contributed by atoms with van der Waals surface area (Å²) in [4.78, 5) is 16.5. The Morgan fingerprint density at radius 1 is 1.13 bits per heavy atom. The third-order valence-corrected chi connectivity index (χ3v) is 6.08. The fraction of sp³-hybridized carbons (Fsp3) is 0.346. The Labute approximate surface area is 184 Å². The van der Waals surface area contributed by atoms with Gasteiger partial charge in [-0.05, 0) is 69.6 Å². The lowest BCUT2D eigenvalue weighted by Crippen LogP contribution is -2.34. The molecular formula is C26H30N4O. The fourth-order valence-electron chi connectivity index (χ4n) is 4.17. The molecule has 0 saturated carbocycles. The molecule has 1 aliphatic rings. The molecule has 0 aliphatic carbocycles. The van der Waals surface area contributed by atoms with Crippen LogP contribution < -0.4 is 4.74 Å². The standard InChI is InChI=1S/C26H30N4O/c1-4-19(2)18-30-14-10-20(11-15-30)25-24(22-6-5-7-23(16-22)31-3)17-28-26(29-25)21-8-12-27-13-9-21/h4-9,12-13,16-17,20H,10-11,14-15,18H2,1-3H3/b19-4+. The van der Waals surface area contributed by atoms with Crippen LogP contribution >= 0.6 is 0 Å². The number of likely N-dealkylation sites (tertiary alicyclic amines) is 1. The topological polar surface area (TPSA) is 51.1 Å². The van der Waals surface area contributed by atoms with Gasteiger partial charge in [-0.25, -0.2) is 9.97 Å². The van der Waals surface area contributed by atoms with Gasteiger partial charge >= 0.3 is 0 Å². The van der Waals surface area contributed by atoms with Crippen LogP contribution in [0.1, 0.15) is 38.3 Å². The Bertz CT molecular complexity index is 1040. The summed E-state index contributed by atoms with van der Waals surface area (Å²) < 4.78 is 5.46. The predicted octanol–water partition coefficient (Wildman–Crippen LogP) is 5.36. The zero-order valence-corrected chi connectivity index (χ0v) is 18.6. The van der Waals surface area contributed by atoms with Crippen molar-refractivity contribution in [3.63, 3.8) is 0 Å². The van der Waals surface area contributed by atoms with Crippen molar-refractivity contribution in [2.24, 2.45) is 0 Å².